The molecule has 152 valence electrons. The quantitative estimate of drug-likeness (QED) is 0.349. The minimum absolute atomic E-state index is 0. The molecule has 0 aliphatic heterocycles. The van der Waals surface area contributed by atoms with Gasteiger partial charge >= 0.3 is 40.9 Å². The van der Waals surface area contributed by atoms with E-state index in [9.17, 15) is 17.7 Å². The Balaban J connectivity index is 0.00000300. The Labute approximate surface area is 190 Å². The van der Waals surface area contributed by atoms with E-state index in [4.69, 9.17) is 9.47 Å². The second-order valence-electron chi connectivity index (χ2n) is 5.98. The van der Waals surface area contributed by atoms with Crippen molar-refractivity contribution in [3.05, 3.63) is 47.3 Å². The first-order valence-corrected chi connectivity index (χ1v) is 9.63. The zero-order valence-corrected chi connectivity index (χ0v) is 16.0. The summed E-state index contributed by atoms with van der Waals surface area (Å²) >= 11 is -1.61. The molecule has 3 aromatic rings. The number of halogens is 3. The molecular formula is C18H19F3N3NaO3S. The molecule has 0 saturated heterocycles. The molecule has 6 nitrogen and oxygen atoms in total. The van der Waals surface area contributed by atoms with Crippen molar-refractivity contribution in [3.63, 3.8) is 0 Å². The van der Waals surface area contributed by atoms with Crippen LogP contribution < -0.4 is 4.74 Å². The number of benzene rings is 1. The third kappa shape index (κ3) is 5.87. The summed E-state index contributed by atoms with van der Waals surface area (Å²) in [5, 5.41) is 0.0984. The second kappa shape index (κ2) is 10.1. The van der Waals surface area contributed by atoms with E-state index in [1.165, 1.54) is 6.07 Å². The van der Waals surface area contributed by atoms with Gasteiger partial charge in [0.2, 0.25) is 0 Å². The number of methoxy groups -OCH3 is 1. The number of aromatic nitrogens is 3. The molecule has 0 saturated carbocycles. The van der Waals surface area contributed by atoms with E-state index in [1.54, 1.807) is 26.3 Å². The van der Waals surface area contributed by atoms with E-state index in [2.05, 4.69) is 15.0 Å². The Bertz CT molecular complexity index is 968. The molecule has 0 fully saturated rings. The van der Waals surface area contributed by atoms with Crippen LogP contribution in [0, 0.1) is 6.92 Å². The van der Waals surface area contributed by atoms with Crippen molar-refractivity contribution in [2.45, 2.75) is 24.0 Å². The molecule has 0 bridgehead atoms. The summed E-state index contributed by atoms with van der Waals surface area (Å²) in [6.45, 7) is 2.60. The average molecular weight is 437 g/mol. The Morgan fingerprint density at radius 1 is 1.21 bits per heavy atom. The molecule has 1 unspecified atom stereocenters. The zero-order valence-electron chi connectivity index (χ0n) is 15.2. The number of rotatable bonds is 7. The fourth-order valence-electron chi connectivity index (χ4n) is 2.55. The van der Waals surface area contributed by atoms with E-state index in [0.29, 0.717) is 30.2 Å². The van der Waals surface area contributed by atoms with Crippen LogP contribution in [-0.4, -0.2) is 69.4 Å². The van der Waals surface area contributed by atoms with Crippen molar-refractivity contribution in [1.82, 2.24) is 15.0 Å². The van der Waals surface area contributed by atoms with Crippen LogP contribution in [0.5, 0.6) is 5.75 Å². The normalized spacial score (nSPS) is 12.6. The molecule has 1 N–H and O–H groups in total. The predicted molar refractivity (Wildman–Crippen MR) is 105 cm³/mol. The van der Waals surface area contributed by atoms with Crippen LogP contribution >= 0.6 is 0 Å². The number of hydrogen-bond donors (Lipinski definition) is 1. The number of hydrogen-bond acceptors (Lipinski definition) is 5. The van der Waals surface area contributed by atoms with Crippen molar-refractivity contribution in [2.24, 2.45) is 0 Å². The number of nitrogens with zero attached hydrogens (tertiary/aromatic N) is 2. The molecule has 0 spiro atoms. The number of nitrogens with one attached hydrogen (secondary N) is 1. The summed E-state index contributed by atoms with van der Waals surface area (Å²) in [6, 6.07) is 4.87. The third-order valence-electron chi connectivity index (χ3n) is 4.08. The van der Waals surface area contributed by atoms with E-state index < -0.39 is 22.9 Å². The standard InChI is InChI=1S/C18H18F3N3O3S.Na.H/c1-11-15(22-6-5-16(11)27-8-7-26-2)10-28(25)17-23-13-4-3-12(18(19,20)21)9-14(13)24-17;;/h3-6,9H,7-8,10H2,1-2H3,(H,23,24);;. The van der Waals surface area contributed by atoms with Crippen LogP contribution in [-0.2, 0) is 27.8 Å². The molecule has 0 amide bonds. The number of aromatic amines is 1. The number of imidazole rings is 1. The van der Waals surface area contributed by atoms with Gasteiger partial charge in [-0.3, -0.25) is 9.97 Å². The minimum atomic E-state index is -4.46. The Hall–Kier alpha value is -1.30. The van der Waals surface area contributed by atoms with Gasteiger partial charge in [0.25, 0.3) is 0 Å². The monoisotopic (exact) mass is 437 g/mol. The molecule has 11 heteroatoms. The number of H-pyrrole nitrogens is 1. The van der Waals surface area contributed by atoms with Crippen molar-refractivity contribution < 1.29 is 27.2 Å². The van der Waals surface area contributed by atoms with Gasteiger partial charge in [0, 0.05) is 30.0 Å². The summed E-state index contributed by atoms with van der Waals surface area (Å²) in [6.07, 6.45) is -2.91. The van der Waals surface area contributed by atoms with Crippen LogP contribution in [0.25, 0.3) is 11.0 Å². The molecule has 0 aliphatic carbocycles. The van der Waals surface area contributed by atoms with Gasteiger partial charge in [0.1, 0.15) is 12.4 Å². The number of ether oxygens (including phenoxy) is 2. The van der Waals surface area contributed by atoms with Gasteiger partial charge in [-0.15, -0.1) is 0 Å². The van der Waals surface area contributed by atoms with Crippen molar-refractivity contribution >= 4 is 51.8 Å². The first-order valence-electron chi connectivity index (χ1n) is 8.31. The molecular weight excluding hydrogens is 418 g/mol. The van der Waals surface area contributed by atoms with Gasteiger partial charge in [-0.2, -0.15) is 18.2 Å². The summed E-state index contributed by atoms with van der Waals surface area (Å²) in [7, 11) is 1.57. The van der Waals surface area contributed by atoms with E-state index in [-0.39, 0.29) is 46.0 Å². The van der Waals surface area contributed by atoms with Crippen molar-refractivity contribution in [2.75, 3.05) is 20.3 Å². The van der Waals surface area contributed by atoms with Crippen LogP contribution in [0.15, 0.2) is 35.6 Å². The molecule has 0 aliphatic rings. The van der Waals surface area contributed by atoms with Crippen LogP contribution in [0.1, 0.15) is 16.8 Å². The maximum atomic E-state index is 12.8. The maximum absolute atomic E-state index is 12.8. The predicted octanol–water partition coefficient (Wildman–Crippen LogP) is 2.97. The fraction of sp³-hybridized carbons (Fsp3) is 0.333. The molecule has 2 heterocycles. The third-order valence-corrected chi connectivity index (χ3v) is 5.24. The number of alkyl halides is 3. The van der Waals surface area contributed by atoms with Gasteiger partial charge in [0.05, 0.1) is 28.9 Å². The van der Waals surface area contributed by atoms with Gasteiger partial charge in [0.15, 0.2) is 5.75 Å². The first kappa shape index (κ1) is 24.0. The molecule has 2 aromatic heterocycles. The average Bonchev–Trinajstić information content (AvgIpc) is 3.07. The van der Waals surface area contributed by atoms with Crippen LogP contribution in [0.3, 0.4) is 0 Å². The fourth-order valence-corrected chi connectivity index (χ4v) is 3.65. The summed E-state index contributed by atoms with van der Waals surface area (Å²) < 4.78 is 61.7. The topological polar surface area (TPSA) is 83.1 Å². The Morgan fingerprint density at radius 2 is 1.97 bits per heavy atom. The number of fused-ring (bicyclic) bond motifs is 1. The summed E-state index contributed by atoms with van der Waals surface area (Å²) in [5.41, 5.74) is 0.992. The van der Waals surface area contributed by atoms with E-state index >= 15 is 0 Å². The van der Waals surface area contributed by atoms with Crippen LogP contribution in [0.4, 0.5) is 13.2 Å². The molecule has 0 radical (unpaired) electrons. The van der Waals surface area contributed by atoms with Gasteiger partial charge in [-0.05, 0) is 31.2 Å². The molecule has 3 rings (SSSR count). The SMILES string of the molecule is COCCOc1ccnc(C[S+]([O-])c2nc3cc(C(F)(F)F)ccc3[nH]2)c1C.[NaH]. The number of pyridine rings is 1. The summed E-state index contributed by atoms with van der Waals surface area (Å²) in [4.78, 5) is 11.1. The Morgan fingerprint density at radius 3 is 2.66 bits per heavy atom. The van der Waals surface area contributed by atoms with Crippen LogP contribution in [0.2, 0.25) is 0 Å². The van der Waals surface area contributed by atoms with Gasteiger partial charge in [-0.25, -0.2) is 0 Å². The zero-order chi connectivity index (χ0) is 20.3. The van der Waals surface area contributed by atoms with Gasteiger partial charge in [-0.1, -0.05) is 0 Å². The van der Waals surface area contributed by atoms with E-state index in [1.807, 2.05) is 0 Å². The Kier molecular flexibility index (Phi) is 8.38. The molecule has 1 atom stereocenters. The van der Waals surface area contributed by atoms with Crippen molar-refractivity contribution in [1.29, 1.82) is 0 Å². The molecule has 29 heavy (non-hydrogen) atoms. The van der Waals surface area contributed by atoms with E-state index in [0.717, 1.165) is 17.7 Å². The molecule has 1 aromatic carbocycles. The van der Waals surface area contributed by atoms with Gasteiger partial charge < -0.3 is 14.0 Å². The summed E-state index contributed by atoms with van der Waals surface area (Å²) in [5.74, 6) is 0.665. The second-order valence-corrected chi connectivity index (χ2v) is 7.35. The van der Waals surface area contributed by atoms with Crippen molar-refractivity contribution in [3.8, 4) is 5.75 Å². The first-order chi connectivity index (χ1) is 13.3.